The van der Waals surface area contributed by atoms with Gasteiger partial charge in [-0.2, -0.15) is 0 Å². The van der Waals surface area contributed by atoms with Crippen LogP contribution >= 0.6 is 0 Å². The summed E-state index contributed by atoms with van der Waals surface area (Å²) in [4.78, 5) is 0. The zero-order chi connectivity index (χ0) is 14.8. The Morgan fingerprint density at radius 2 is 1.40 bits per heavy atom. The molecule has 0 unspecified atom stereocenters. The zero-order valence-electron chi connectivity index (χ0n) is 12.2. The summed E-state index contributed by atoms with van der Waals surface area (Å²) < 4.78 is 2.50. The molecule has 105 valence electrons. The van der Waals surface area contributed by atoms with Gasteiger partial charge in [-0.3, -0.25) is 0 Å². The Labute approximate surface area is 124 Å². The summed E-state index contributed by atoms with van der Waals surface area (Å²) in [7, 11) is -1.79. The molecule has 20 heavy (non-hydrogen) atoms. The van der Waals surface area contributed by atoms with E-state index in [-0.39, 0.29) is 0 Å². The minimum atomic E-state index is -1.79. The molecule has 0 fully saturated rings. The van der Waals surface area contributed by atoms with Gasteiger partial charge in [-0.25, -0.2) is 0 Å². The number of hydrogen-bond acceptors (Lipinski definition) is 1. The third-order valence-corrected chi connectivity index (χ3v) is 8.20. The summed E-state index contributed by atoms with van der Waals surface area (Å²) in [5, 5.41) is 0. The fourth-order valence-corrected chi connectivity index (χ4v) is 6.63. The third kappa shape index (κ3) is 3.84. The molecule has 1 aromatic rings. The largest absolute Gasteiger partial charge is 0.393 e. The fraction of sp³-hybridized carbons (Fsp3) is 0.222. The zero-order valence-corrected chi connectivity index (χ0v) is 13.2. The van der Waals surface area contributed by atoms with Gasteiger partial charge in [-0.1, -0.05) is 36.4 Å². The number of rotatable bonds is 10. The lowest BCUT2D eigenvalue weighted by molar-refractivity contribution is 1.08. The summed E-state index contributed by atoms with van der Waals surface area (Å²) in [6.45, 7) is 16.6. The van der Waals surface area contributed by atoms with E-state index < -0.39 is 8.24 Å². The van der Waals surface area contributed by atoms with Gasteiger partial charge in [0.1, 0.15) is 0 Å². The first-order chi connectivity index (χ1) is 9.74. The van der Waals surface area contributed by atoms with Crippen LogP contribution in [0.25, 0.3) is 0 Å². The number of nitrogens with zero attached hydrogens (tertiary/aromatic N) is 1. The molecule has 0 aromatic heterocycles. The average molecular weight is 282 g/mol. The Morgan fingerprint density at radius 1 is 0.900 bits per heavy atom. The first kappa shape index (κ1) is 16.3. The molecule has 0 bridgehead atoms. The lowest BCUT2D eigenvalue weighted by Gasteiger charge is -2.42. The van der Waals surface area contributed by atoms with Gasteiger partial charge < -0.3 is 4.57 Å². The summed E-state index contributed by atoms with van der Waals surface area (Å²) in [5.74, 6) is 0. The van der Waals surface area contributed by atoms with Crippen molar-refractivity contribution in [2.75, 3.05) is 11.1 Å². The highest BCUT2D eigenvalue weighted by atomic mass is 28.3. The van der Waals surface area contributed by atoms with Gasteiger partial charge in [0.25, 0.3) is 0 Å². The Kier molecular flexibility index (Phi) is 6.81. The van der Waals surface area contributed by atoms with Gasteiger partial charge in [0, 0.05) is 12.2 Å². The summed E-state index contributed by atoms with van der Waals surface area (Å²) in [6, 6.07) is 14.3. The van der Waals surface area contributed by atoms with Crippen molar-refractivity contribution in [2.45, 2.75) is 18.1 Å². The van der Waals surface area contributed by atoms with Gasteiger partial charge in [-0.05, 0) is 36.3 Å². The van der Waals surface area contributed by atoms with Crippen molar-refractivity contribution in [3.8, 4) is 0 Å². The van der Waals surface area contributed by atoms with Gasteiger partial charge in [-0.15, -0.1) is 26.3 Å². The molecule has 0 N–H and O–H groups in total. The maximum absolute atomic E-state index is 3.95. The maximum Gasteiger partial charge on any atom is 0.168 e. The van der Waals surface area contributed by atoms with Gasteiger partial charge >= 0.3 is 0 Å². The summed E-state index contributed by atoms with van der Waals surface area (Å²) in [5.41, 5.74) is 1.22. The summed E-state index contributed by atoms with van der Waals surface area (Å²) >= 11 is 0. The van der Waals surface area contributed by atoms with E-state index in [0.717, 1.165) is 24.7 Å². The van der Waals surface area contributed by atoms with E-state index in [1.807, 2.05) is 36.4 Å². The van der Waals surface area contributed by atoms with Crippen molar-refractivity contribution >= 4 is 13.9 Å². The molecule has 0 heterocycles. The quantitative estimate of drug-likeness (QED) is 0.432. The Morgan fingerprint density at radius 3 is 1.80 bits per heavy atom. The molecule has 0 spiro atoms. The predicted octanol–water partition coefficient (Wildman–Crippen LogP) is 4.98. The molecule has 0 aliphatic heterocycles. The van der Waals surface area contributed by atoms with Crippen LogP contribution in [-0.2, 0) is 0 Å². The standard InChI is InChI=1S/C18H24NSi/c1-5-14-19(18-12-10-9-11-13-18)20(15-6-2,16-7-3)17-8-4/h5-8,10-13H,1-4,14-17H2. The third-order valence-electron chi connectivity index (χ3n) is 3.47. The van der Waals surface area contributed by atoms with Crippen molar-refractivity contribution in [3.63, 3.8) is 0 Å². The average Bonchev–Trinajstić information content (AvgIpc) is 2.46. The molecule has 0 atom stereocenters. The van der Waals surface area contributed by atoms with Crippen LogP contribution in [0, 0.1) is 6.07 Å². The first-order valence-corrected chi connectivity index (χ1v) is 9.48. The van der Waals surface area contributed by atoms with Crippen LogP contribution in [0.5, 0.6) is 0 Å². The van der Waals surface area contributed by atoms with E-state index in [1.54, 1.807) is 0 Å². The van der Waals surface area contributed by atoms with E-state index in [4.69, 9.17) is 0 Å². The molecule has 1 nitrogen and oxygen atoms in total. The highest BCUT2D eigenvalue weighted by Crippen LogP contribution is 2.31. The lowest BCUT2D eigenvalue weighted by atomic mass is 10.3. The van der Waals surface area contributed by atoms with Crippen LogP contribution in [0.3, 0.4) is 0 Å². The molecule has 0 aliphatic rings. The molecule has 0 aliphatic carbocycles. The van der Waals surface area contributed by atoms with Crippen molar-refractivity contribution in [1.82, 2.24) is 0 Å². The minimum absolute atomic E-state index is 0.839. The van der Waals surface area contributed by atoms with Crippen LogP contribution < -0.4 is 4.57 Å². The van der Waals surface area contributed by atoms with Gasteiger partial charge in [0.05, 0.1) is 0 Å². The number of benzene rings is 1. The fourth-order valence-electron chi connectivity index (χ4n) is 2.65. The highest BCUT2D eigenvalue weighted by Gasteiger charge is 2.36. The SMILES string of the molecule is C=CCN(c1cc[c]cc1)[Si](CC=C)(CC=C)CC=C. The van der Waals surface area contributed by atoms with E-state index in [1.165, 1.54) is 5.69 Å². The van der Waals surface area contributed by atoms with Crippen LogP contribution in [-0.4, -0.2) is 14.8 Å². The van der Waals surface area contributed by atoms with Crippen molar-refractivity contribution in [1.29, 1.82) is 0 Å². The smallest absolute Gasteiger partial charge is 0.168 e. The molecule has 0 saturated carbocycles. The lowest BCUT2D eigenvalue weighted by Crippen LogP contribution is -2.53. The molecule has 1 rings (SSSR count). The van der Waals surface area contributed by atoms with Gasteiger partial charge in [0.15, 0.2) is 8.24 Å². The number of hydrogen-bond donors (Lipinski definition) is 0. The van der Waals surface area contributed by atoms with Crippen LogP contribution in [0.15, 0.2) is 74.9 Å². The molecule has 1 aromatic carbocycles. The number of allylic oxidation sites excluding steroid dienone is 3. The predicted molar refractivity (Wildman–Crippen MR) is 93.6 cm³/mol. The second-order valence-electron chi connectivity index (χ2n) is 4.86. The van der Waals surface area contributed by atoms with Crippen LogP contribution in [0.1, 0.15) is 0 Å². The highest BCUT2D eigenvalue weighted by molar-refractivity contribution is 6.84. The molecular formula is C18H24NSi. The van der Waals surface area contributed by atoms with Crippen molar-refractivity contribution < 1.29 is 0 Å². The minimum Gasteiger partial charge on any atom is -0.393 e. The van der Waals surface area contributed by atoms with Crippen LogP contribution in [0.4, 0.5) is 5.69 Å². The van der Waals surface area contributed by atoms with E-state index >= 15 is 0 Å². The van der Waals surface area contributed by atoms with Crippen LogP contribution in [0.2, 0.25) is 18.1 Å². The molecular weight excluding hydrogens is 258 g/mol. The Hall–Kier alpha value is -1.80. The second kappa shape index (κ2) is 8.38. The number of anilines is 1. The molecule has 1 radical (unpaired) electrons. The summed E-state index contributed by atoms with van der Waals surface area (Å²) in [6.07, 6.45) is 8.06. The van der Waals surface area contributed by atoms with E-state index in [2.05, 4.69) is 49.1 Å². The molecule has 2 heteroatoms. The maximum atomic E-state index is 3.95. The first-order valence-electron chi connectivity index (χ1n) is 6.91. The van der Waals surface area contributed by atoms with E-state index in [0.29, 0.717) is 0 Å². The topological polar surface area (TPSA) is 3.24 Å². The van der Waals surface area contributed by atoms with Crippen molar-refractivity contribution in [3.05, 3.63) is 81.0 Å². The van der Waals surface area contributed by atoms with Crippen molar-refractivity contribution in [2.24, 2.45) is 0 Å². The normalized spacial score (nSPS) is 10.6. The molecule has 0 amide bonds. The van der Waals surface area contributed by atoms with E-state index in [9.17, 15) is 0 Å². The Balaban J connectivity index is 3.27. The monoisotopic (exact) mass is 282 g/mol. The molecule has 0 saturated heterocycles. The van der Waals surface area contributed by atoms with Gasteiger partial charge in [0.2, 0.25) is 0 Å². The second-order valence-corrected chi connectivity index (χ2v) is 9.07. The Bertz CT molecular complexity index is 423.